The minimum atomic E-state index is -3.98. The molecule has 2 aromatic carbocycles. The van der Waals surface area contributed by atoms with Gasteiger partial charge in [-0.15, -0.1) is 0 Å². The summed E-state index contributed by atoms with van der Waals surface area (Å²) in [6.07, 6.45) is 0.696. The van der Waals surface area contributed by atoms with E-state index in [0.717, 1.165) is 4.31 Å². The minimum absolute atomic E-state index is 0.0228. The van der Waals surface area contributed by atoms with Crippen molar-refractivity contribution in [3.63, 3.8) is 0 Å². The molecule has 0 aliphatic rings. The molecule has 10 heteroatoms. The van der Waals surface area contributed by atoms with Crippen LogP contribution in [0.25, 0.3) is 0 Å². The molecule has 0 aliphatic carbocycles. The van der Waals surface area contributed by atoms with Crippen molar-refractivity contribution < 1.29 is 22.4 Å². The summed E-state index contributed by atoms with van der Waals surface area (Å²) >= 11 is 5.83. The quantitative estimate of drug-likeness (QED) is 0.545. The number of carbonyl (C=O) groups is 2. The van der Waals surface area contributed by atoms with Crippen molar-refractivity contribution in [3.8, 4) is 0 Å². The van der Waals surface area contributed by atoms with Crippen LogP contribution in [0.3, 0.4) is 0 Å². The van der Waals surface area contributed by atoms with E-state index < -0.39 is 40.2 Å². The Kier molecular flexibility index (Phi) is 9.39. The molecule has 0 saturated carbocycles. The average Bonchev–Trinajstić information content (AvgIpc) is 2.78. The molecule has 0 aliphatic heterocycles. The highest BCUT2D eigenvalue weighted by Crippen LogP contribution is 2.19. The molecule has 7 nitrogen and oxygen atoms in total. The number of nitrogens with zero attached hydrogens (tertiary/aromatic N) is 2. The van der Waals surface area contributed by atoms with E-state index in [1.165, 1.54) is 61.3 Å². The monoisotopic (exact) mass is 497 g/mol. The van der Waals surface area contributed by atoms with Gasteiger partial charge in [0.05, 0.1) is 11.4 Å². The summed E-state index contributed by atoms with van der Waals surface area (Å²) in [4.78, 5) is 27.1. The molecule has 0 fully saturated rings. The molecule has 2 aromatic rings. The molecule has 0 heterocycles. The number of hydrogen-bond donors (Lipinski definition) is 1. The summed E-state index contributed by atoms with van der Waals surface area (Å²) in [5, 5.41) is 3.19. The number of carbonyl (C=O) groups excluding carboxylic acids is 2. The van der Waals surface area contributed by atoms with Crippen molar-refractivity contribution in [2.75, 3.05) is 13.6 Å². The predicted molar refractivity (Wildman–Crippen MR) is 126 cm³/mol. The molecular weight excluding hydrogens is 469 g/mol. The zero-order valence-electron chi connectivity index (χ0n) is 19.1. The van der Waals surface area contributed by atoms with Crippen molar-refractivity contribution in [1.29, 1.82) is 0 Å². The van der Waals surface area contributed by atoms with Crippen LogP contribution in [-0.2, 0) is 26.2 Å². The fraction of sp³-hybridized carbons (Fsp3) is 0.391. The summed E-state index contributed by atoms with van der Waals surface area (Å²) in [6.45, 7) is 4.56. The Hall–Kier alpha value is -2.49. The molecule has 0 spiro atoms. The van der Waals surface area contributed by atoms with Gasteiger partial charge in [-0.2, -0.15) is 4.31 Å². The lowest BCUT2D eigenvalue weighted by atomic mass is 10.1. The lowest BCUT2D eigenvalue weighted by Gasteiger charge is -2.31. The van der Waals surface area contributed by atoms with Gasteiger partial charge in [-0.1, -0.05) is 36.7 Å². The fourth-order valence-corrected chi connectivity index (χ4v) is 4.26. The molecule has 2 rings (SSSR count). The smallest absolute Gasteiger partial charge is 0.243 e. The molecule has 2 amide bonds. The number of halogens is 2. The first-order valence-corrected chi connectivity index (χ1v) is 12.3. The summed E-state index contributed by atoms with van der Waals surface area (Å²) in [7, 11) is -2.71. The second kappa shape index (κ2) is 11.6. The van der Waals surface area contributed by atoms with Gasteiger partial charge in [0.1, 0.15) is 11.9 Å². The minimum Gasteiger partial charge on any atom is -0.352 e. The molecule has 0 bridgehead atoms. The van der Waals surface area contributed by atoms with Gasteiger partial charge in [0.25, 0.3) is 0 Å². The number of hydrogen-bond acceptors (Lipinski definition) is 4. The maximum atomic E-state index is 14.3. The van der Waals surface area contributed by atoms with E-state index in [0.29, 0.717) is 11.4 Å². The molecule has 180 valence electrons. The van der Waals surface area contributed by atoms with Crippen LogP contribution in [0.15, 0.2) is 53.4 Å². The van der Waals surface area contributed by atoms with Gasteiger partial charge in [0.15, 0.2) is 0 Å². The standard InChI is InChI=1S/C23H29ClFN3O4S/c1-5-16(2)26-23(30)17(3)28(14-18-8-6-7-9-21(18)25)22(29)15-27(4)33(31,32)20-12-10-19(24)11-13-20/h6-13,16-17H,5,14-15H2,1-4H3,(H,26,30)/t16-,17+/m1/s1. The van der Waals surface area contributed by atoms with E-state index in [2.05, 4.69) is 5.32 Å². The van der Waals surface area contributed by atoms with Gasteiger partial charge in [-0.25, -0.2) is 12.8 Å². The van der Waals surface area contributed by atoms with Crippen LogP contribution in [0.5, 0.6) is 0 Å². The molecule has 0 aromatic heterocycles. The number of benzene rings is 2. The van der Waals surface area contributed by atoms with Gasteiger partial charge in [-0.05, 0) is 50.6 Å². The SMILES string of the molecule is CC[C@@H](C)NC(=O)[C@H](C)N(Cc1ccccc1F)C(=O)CN(C)S(=O)(=O)c1ccc(Cl)cc1. The zero-order chi connectivity index (χ0) is 24.8. The highest BCUT2D eigenvalue weighted by atomic mass is 35.5. The van der Waals surface area contributed by atoms with Gasteiger partial charge >= 0.3 is 0 Å². The van der Waals surface area contributed by atoms with Crippen LogP contribution in [0.2, 0.25) is 5.02 Å². The second-order valence-corrected chi connectivity index (χ2v) is 10.3. The number of likely N-dealkylation sites (N-methyl/N-ethyl adjacent to an activating group) is 1. The number of sulfonamides is 1. The molecule has 0 radical (unpaired) electrons. The van der Waals surface area contributed by atoms with Crippen molar-refractivity contribution in [3.05, 3.63) is 64.9 Å². The number of nitrogens with one attached hydrogen (secondary N) is 1. The van der Waals surface area contributed by atoms with Crippen LogP contribution in [0.4, 0.5) is 4.39 Å². The summed E-state index contributed by atoms with van der Waals surface area (Å²) in [5.41, 5.74) is 0.220. The van der Waals surface area contributed by atoms with Gasteiger partial charge in [0, 0.05) is 30.2 Å². The lowest BCUT2D eigenvalue weighted by molar-refractivity contribution is -0.140. The Balaban J connectivity index is 2.29. The first-order chi connectivity index (χ1) is 15.5. The van der Waals surface area contributed by atoms with Gasteiger partial charge < -0.3 is 10.2 Å². The van der Waals surface area contributed by atoms with E-state index >= 15 is 0 Å². The lowest BCUT2D eigenvalue weighted by Crippen LogP contribution is -2.52. The third kappa shape index (κ3) is 6.99. The maximum absolute atomic E-state index is 14.3. The zero-order valence-corrected chi connectivity index (χ0v) is 20.7. The van der Waals surface area contributed by atoms with E-state index in [9.17, 15) is 22.4 Å². The maximum Gasteiger partial charge on any atom is 0.243 e. The predicted octanol–water partition coefficient (Wildman–Crippen LogP) is 3.43. The molecular formula is C23H29ClFN3O4S. The first kappa shape index (κ1) is 26.8. The van der Waals surface area contributed by atoms with E-state index in [-0.39, 0.29) is 23.0 Å². The van der Waals surface area contributed by atoms with Crippen LogP contribution >= 0.6 is 11.6 Å². The molecule has 0 unspecified atom stereocenters. The average molecular weight is 498 g/mol. The largest absolute Gasteiger partial charge is 0.352 e. The third-order valence-electron chi connectivity index (χ3n) is 5.35. The topological polar surface area (TPSA) is 86.8 Å². The highest BCUT2D eigenvalue weighted by molar-refractivity contribution is 7.89. The molecule has 2 atom stereocenters. The Labute approximate surface area is 199 Å². The van der Waals surface area contributed by atoms with Gasteiger partial charge in [-0.3, -0.25) is 9.59 Å². The second-order valence-electron chi connectivity index (χ2n) is 7.82. The molecule has 33 heavy (non-hydrogen) atoms. The molecule has 0 saturated heterocycles. The Morgan fingerprint density at radius 2 is 1.70 bits per heavy atom. The van der Waals surface area contributed by atoms with E-state index in [1.807, 2.05) is 13.8 Å². The van der Waals surface area contributed by atoms with E-state index in [1.54, 1.807) is 6.07 Å². The highest BCUT2D eigenvalue weighted by Gasteiger charge is 2.31. The van der Waals surface area contributed by atoms with Crippen LogP contribution in [-0.4, -0.2) is 55.1 Å². The van der Waals surface area contributed by atoms with Crippen molar-refractivity contribution in [2.45, 2.75) is 50.7 Å². The Morgan fingerprint density at radius 3 is 2.27 bits per heavy atom. The van der Waals surface area contributed by atoms with Crippen LogP contribution < -0.4 is 5.32 Å². The normalized spacial score (nSPS) is 13.4. The van der Waals surface area contributed by atoms with Crippen molar-refractivity contribution >= 4 is 33.4 Å². The third-order valence-corrected chi connectivity index (χ3v) is 7.42. The Morgan fingerprint density at radius 1 is 1.09 bits per heavy atom. The Bertz CT molecular complexity index is 1080. The summed E-state index contributed by atoms with van der Waals surface area (Å²) in [5.74, 6) is -1.56. The van der Waals surface area contributed by atoms with Gasteiger partial charge in [0.2, 0.25) is 21.8 Å². The number of rotatable bonds is 10. The fourth-order valence-electron chi connectivity index (χ4n) is 3.01. The van der Waals surface area contributed by atoms with Crippen molar-refractivity contribution in [2.24, 2.45) is 0 Å². The summed E-state index contributed by atoms with van der Waals surface area (Å²) < 4.78 is 40.9. The van der Waals surface area contributed by atoms with Crippen LogP contribution in [0.1, 0.15) is 32.8 Å². The number of amides is 2. The first-order valence-electron chi connectivity index (χ1n) is 10.5. The van der Waals surface area contributed by atoms with Crippen LogP contribution in [0, 0.1) is 5.82 Å². The summed E-state index contributed by atoms with van der Waals surface area (Å²) in [6, 6.07) is 10.4. The molecule has 1 N–H and O–H groups in total. The van der Waals surface area contributed by atoms with E-state index in [4.69, 9.17) is 11.6 Å². The van der Waals surface area contributed by atoms with Crippen molar-refractivity contribution in [1.82, 2.24) is 14.5 Å².